The molecular weight excluding hydrogens is 226 g/mol. The van der Waals surface area contributed by atoms with Gasteiger partial charge in [0.15, 0.2) is 0 Å². The SMILES string of the molecule is COC(=O)CNCCc1ccc2ccccc2c1. The van der Waals surface area contributed by atoms with Crippen molar-refractivity contribution >= 4 is 16.7 Å². The maximum atomic E-state index is 10.9. The van der Waals surface area contributed by atoms with Gasteiger partial charge in [-0.25, -0.2) is 0 Å². The molecule has 0 spiro atoms. The fourth-order valence-electron chi connectivity index (χ4n) is 1.89. The van der Waals surface area contributed by atoms with Crippen LogP contribution in [0.2, 0.25) is 0 Å². The van der Waals surface area contributed by atoms with Crippen molar-refractivity contribution in [1.82, 2.24) is 5.32 Å². The highest BCUT2D eigenvalue weighted by molar-refractivity contribution is 5.82. The van der Waals surface area contributed by atoms with Gasteiger partial charge in [0.2, 0.25) is 0 Å². The number of benzene rings is 2. The summed E-state index contributed by atoms with van der Waals surface area (Å²) in [6.45, 7) is 1.04. The van der Waals surface area contributed by atoms with Gasteiger partial charge in [-0.1, -0.05) is 42.5 Å². The van der Waals surface area contributed by atoms with Gasteiger partial charge in [0, 0.05) is 0 Å². The van der Waals surface area contributed by atoms with Crippen molar-refractivity contribution in [2.45, 2.75) is 6.42 Å². The molecule has 0 aromatic heterocycles. The van der Waals surface area contributed by atoms with Crippen molar-refractivity contribution in [2.24, 2.45) is 0 Å². The molecule has 0 saturated heterocycles. The second-order valence-corrected chi connectivity index (χ2v) is 4.18. The summed E-state index contributed by atoms with van der Waals surface area (Å²) in [7, 11) is 1.40. The van der Waals surface area contributed by atoms with E-state index in [1.807, 2.05) is 12.1 Å². The molecule has 1 N–H and O–H groups in total. The van der Waals surface area contributed by atoms with E-state index < -0.39 is 0 Å². The lowest BCUT2D eigenvalue weighted by molar-refractivity contribution is -0.139. The summed E-state index contributed by atoms with van der Waals surface area (Å²) in [5, 5.41) is 5.56. The van der Waals surface area contributed by atoms with Crippen LogP contribution in [0.25, 0.3) is 10.8 Å². The fraction of sp³-hybridized carbons (Fsp3) is 0.267. The highest BCUT2D eigenvalue weighted by atomic mass is 16.5. The zero-order chi connectivity index (χ0) is 12.8. The predicted molar refractivity (Wildman–Crippen MR) is 72.5 cm³/mol. The summed E-state index contributed by atoms with van der Waals surface area (Å²) in [6.07, 6.45) is 0.905. The Morgan fingerprint density at radius 3 is 2.72 bits per heavy atom. The molecule has 18 heavy (non-hydrogen) atoms. The van der Waals surface area contributed by atoms with E-state index in [1.165, 1.54) is 23.4 Å². The van der Waals surface area contributed by atoms with E-state index in [4.69, 9.17) is 0 Å². The molecule has 2 aromatic carbocycles. The van der Waals surface area contributed by atoms with E-state index in [0.717, 1.165) is 13.0 Å². The van der Waals surface area contributed by atoms with Crippen LogP contribution in [-0.4, -0.2) is 26.2 Å². The number of rotatable bonds is 5. The average Bonchev–Trinajstić information content (AvgIpc) is 2.43. The highest BCUT2D eigenvalue weighted by Gasteiger charge is 1.99. The quantitative estimate of drug-likeness (QED) is 0.646. The van der Waals surface area contributed by atoms with Crippen LogP contribution < -0.4 is 5.32 Å². The minimum atomic E-state index is -0.228. The number of carbonyl (C=O) groups is 1. The summed E-state index contributed by atoms with van der Waals surface area (Å²) in [5.41, 5.74) is 1.27. The number of methoxy groups -OCH3 is 1. The van der Waals surface area contributed by atoms with Crippen LogP contribution in [-0.2, 0) is 16.0 Å². The topological polar surface area (TPSA) is 38.3 Å². The van der Waals surface area contributed by atoms with Crippen LogP contribution >= 0.6 is 0 Å². The minimum absolute atomic E-state index is 0.228. The third-order valence-electron chi connectivity index (χ3n) is 2.90. The van der Waals surface area contributed by atoms with Gasteiger partial charge in [0.25, 0.3) is 0 Å². The predicted octanol–water partition coefficient (Wildman–Crippen LogP) is 2.14. The molecule has 0 heterocycles. The highest BCUT2D eigenvalue weighted by Crippen LogP contribution is 2.15. The van der Waals surface area contributed by atoms with Gasteiger partial charge in [0.05, 0.1) is 13.7 Å². The minimum Gasteiger partial charge on any atom is -0.468 e. The Balaban J connectivity index is 1.90. The van der Waals surface area contributed by atoms with Gasteiger partial charge in [-0.15, -0.1) is 0 Å². The van der Waals surface area contributed by atoms with E-state index in [0.29, 0.717) is 0 Å². The molecule has 3 nitrogen and oxygen atoms in total. The Kier molecular flexibility index (Phi) is 4.31. The first kappa shape index (κ1) is 12.6. The number of esters is 1. The molecule has 2 rings (SSSR count). The number of ether oxygens (including phenoxy) is 1. The largest absolute Gasteiger partial charge is 0.468 e. The zero-order valence-corrected chi connectivity index (χ0v) is 10.5. The summed E-state index contributed by atoms with van der Waals surface area (Å²) >= 11 is 0. The van der Waals surface area contributed by atoms with Gasteiger partial charge in [0.1, 0.15) is 0 Å². The summed E-state index contributed by atoms with van der Waals surface area (Å²) in [6, 6.07) is 14.7. The Morgan fingerprint density at radius 1 is 1.17 bits per heavy atom. The van der Waals surface area contributed by atoms with Crippen LogP contribution in [0, 0.1) is 0 Å². The molecule has 2 aromatic rings. The molecule has 0 aliphatic heterocycles. The molecular formula is C15H17NO2. The lowest BCUT2D eigenvalue weighted by Gasteiger charge is -2.05. The van der Waals surface area contributed by atoms with Crippen molar-refractivity contribution in [1.29, 1.82) is 0 Å². The summed E-state index contributed by atoms with van der Waals surface area (Å²) in [5.74, 6) is -0.228. The molecule has 0 aliphatic rings. The van der Waals surface area contributed by atoms with Gasteiger partial charge in [-0.2, -0.15) is 0 Å². The van der Waals surface area contributed by atoms with Crippen LogP contribution in [0.4, 0.5) is 0 Å². The molecule has 0 aliphatic carbocycles. The second-order valence-electron chi connectivity index (χ2n) is 4.18. The molecule has 0 radical (unpaired) electrons. The van der Waals surface area contributed by atoms with Gasteiger partial charge in [-0.3, -0.25) is 4.79 Å². The Hall–Kier alpha value is -1.87. The van der Waals surface area contributed by atoms with E-state index in [9.17, 15) is 4.79 Å². The Morgan fingerprint density at radius 2 is 1.94 bits per heavy atom. The number of fused-ring (bicyclic) bond motifs is 1. The summed E-state index contributed by atoms with van der Waals surface area (Å²) in [4.78, 5) is 10.9. The van der Waals surface area contributed by atoms with E-state index in [1.54, 1.807) is 0 Å². The first-order chi connectivity index (χ1) is 8.79. The maximum Gasteiger partial charge on any atom is 0.319 e. The molecule has 0 bridgehead atoms. The molecule has 0 saturated carbocycles. The van der Waals surface area contributed by atoms with Crippen LogP contribution in [0.3, 0.4) is 0 Å². The lowest BCUT2D eigenvalue weighted by atomic mass is 10.1. The van der Waals surface area contributed by atoms with Crippen molar-refractivity contribution in [3.8, 4) is 0 Å². The van der Waals surface area contributed by atoms with Crippen molar-refractivity contribution in [2.75, 3.05) is 20.2 Å². The number of carbonyl (C=O) groups excluding carboxylic acids is 1. The van der Waals surface area contributed by atoms with Crippen LogP contribution in [0.15, 0.2) is 42.5 Å². The molecule has 3 heteroatoms. The molecule has 0 amide bonds. The van der Waals surface area contributed by atoms with Gasteiger partial charge >= 0.3 is 5.97 Å². The third kappa shape index (κ3) is 3.31. The molecule has 0 atom stereocenters. The first-order valence-corrected chi connectivity index (χ1v) is 6.05. The number of hydrogen-bond donors (Lipinski definition) is 1. The van der Waals surface area contributed by atoms with Gasteiger partial charge in [-0.05, 0) is 29.3 Å². The van der Waals surface area contributed by atoms with Gasteiger partial charge < -0.3 is 10.1 Å². The third-order valence-corrected chi connectivity index (χ3v) is 2.90. The molecule has 0 fully saturated rings. The van der Waals surface area contributed by atoms with E-state index in [2.05, 4.69) is 40.4 Å². The van der Waals surface area contributed by atoms with Crippen molar-refractivity contribution in [3.63, 3.8) is 0 Å². The molecule has 0 unspecified atom stereocenters. The summed E-state index contributed by atoms with van der Waals surface area (Å²) < 4.78 is 4.56. The second kappa shape index (κ2) is 6.17. The monoisotopic (exact) mass is 243 g/mol. The van der Waals surface area contributed by atoms with Crippen molar-refractivity contribution < 1.29 is 9.53 Å². The smallest absolute Gasteiger partial charge is 0.319 e. The standard InChI is InChI=1S/C15H17NO2/c1-18-15(17)11-16-9-8-12-6-7-13-4-2-3-5-14(13)10-12/h2-7,10,16H,8-9,11H2,1H3. The lowest BCUT2D eigenvalue weighted by Crippen LogP contribution is -2.25. The number of nitrogens with one attached hydrogen (secondary N) is 1. The average molecular weight is 243 g/mol. The van der Waals surface area contributed by atoms with Crippen molar-refractivity contribution in [3.05, 3.63) is 48.0 Å². The normalized spacial score (nSPS) is 10.5. The molecule has 94 valence electrons. The van der Waals surface area contributed by atoms with Crippen LogP contribution in [0.5, 0.6) is 0 Å². The fourth-order valence-corrected chi connectivity index (χ4v) is 1.89. The van der Waals surface area contributed by atoms with Crippen LogP contribution in [0.1, 0.15) is 5.56 Å². The van der Waals surface area contributed by atoms with E-state index in [-0.39, 0.29) is 12.5 Å². The zero-order valence-electron chi connectivity index (χ0n) is 10.5. The number of hydrogen-bond acceptors (Lipinski definition) is 3. The maximum absolute atomic E-state index is 10.9. The Bertz CT molecular complexity index is 537. The first-order valence-electron chi connectivity index (χ1n) is 6.05. The Labute approximate surface area is 107 Å². The van der Waals surface area contributed by atoms with E-state index >= 15 is 0 Å².